The summed E-state index contributed by atoms with van der Waals surface area (Å²) in [6.45, 7) is 0.206. The molecule has 3 rings (SSSR count). The predicted molar refractivity (Wildman–Crippen MR) is 87.9 cm³/mol. The number of pyridine rings is 2. The van der Waals surface area contributed by atoms with E-state index in [1.54, 1.807) is 55.0 Å². The highest BCUT2D eigenvalue weighted by Crippen LogP contribution is 2.17. The van der Waals surface area contributed by atoms with Crippen LogP contribution in [0.15, 0.2) is 78.1 Å². The zero-order valence-electron chi connectivity index (χ0n) is 12.3. The molecule has 0 aliphatic carbocycles. The fourth-order valence-electron chi connectivity index (χ4n) is 2.13. The molecule has 3 aromatic rings. The van der Waals surface area contributed by atoms with Gasteiger partial charge in [0, 0.05) is 30.7 Å². The third-order valence-electron chi connectivity index (χ3n) is 3.32. The van der Waals surface area contributed by atoms with Gasteiger partial charge in [0.15, 0.2) is 0 Å². The Morgan fingerprint density at radius 1 is 0.913 bits per heavy atom. The van der Waals surface area contributed by atoms with Crippen molar-refractivity contribution in [2.24, 2.45) is 0 Å². The summed E-state index contributed by atoms with van der Waals surface area (Å²) in [6.07, 6.45) is 5.06. The van der Waals surface area contributed by atoms with Crippen molar-refractivity contribution < 1.29 is 8.42 Å². The van der Waals surface area contributed by atoms with Crippen LogP contribution in [0, 0.1) is 0 Å². The number of benzene rings is 1. The van der Waals surface area contributed by atoms with Crippen LogP contribution in [-0.2, 0) is 16.6 Å². The van der Waals surface area contributed by atoms with Gasteiger partial charge in [-0.3, -0.25) is 9.97 Å². The zero-order valence-corrected chi connectivity index (χ0v) is 13.1. The average Bonchev–Trinajstić information content (AvgIpc) is 2.62. The van der Waals surface area contributed by atoms with Crippen LogP contribution in [0.2, 0.25) is 0 Å². The van der Waals surface area contributed by atoms with E-state index in [4.69, 9.17) is 0 Å². The normalized spacial score (nSPS) is 11.3. The third kappa shape index (κ3) is 3.80. The second-order valence-electron chi connectivity index (χ2n) is 4.92. The molecule has 1 N–H and O–H groups in total. The van der Waals surface area contributed by atoms with E-state index >= 15 is 0 Å². The number of rotatable bonds is 5. The summed E-state index contributed by atoms with van der Waals surface area (Å²) in [6, 6.07) is 15.7. The second-order valence-corrected chi connectivity index (χ2v) is 6.69. The minimum Gasteiger partial charge on any atom is -0.265 e. The van der Waals surface area contributed by atoms with Gasteiger partial charge in [-0.25, -0.2) is 13.1 Å². The Balaban J connectivity index is 1.77. The van der Waals surface area contributed by atoms with E-state index < -0.39 is 10.0 Å². The molecule has 0 spiro atoms. The quantitative estimate of drug-likeness (QED) is 0.783. The monoisotopic (exact) mass is 325 g/mol. The maximum atomic E-state index is 12.2. The first-order chi connectivity index (χ1) is 11.1. The number of hydrogen-bond acceptors (Lipinski definition) is 4. The van der Waals surface area contributed by atoms with Gasteiger partial charge >= 0.3 is 0 Å². The smallest absolute Gasteiger partial charge is 0.240 e. The lowest BCUT2D eigenvalue weighted by Crippen LogP contribution is -2.23. The van der Waals surface area contributed by atoms with Gasteiger partial charge in [0.2, 0.25) is 10.0 Å². The summed E-state index contributed by atoms with van der Waals surface area (Å²) in [7, 11) is -3.52. The minimum atomic E-state index is -3.52. The maximum Gasteiger partial charge on any atom is 0.240 e. The Bertz CT molecular complexity index is 882. The molecule has 5 nitrogen and oxygen atoms in total. The Hall–Kier alpha value is -2.57. The van der Waals surface area contributed by atoms with E-state index in [0.29, 0.717) is 0 Å². The van der Waals surface area contributed by atoms with Crippen LogP contribution in [-0.4, -0.2) is 18.4 Å². The Labute approximate surface area is 135 Å². The summed E-state index contributed by atoms with van der Waals surface area (Å²) in [4.78, 5) is 8.54. The molecule has 0 amide bonds. The number of aromatic nitrogens is 2. The highest BCUT2D eigenvalue weighted by Gasteiger charge is 2.12. The van der Waals surface area contributed by atoms with E-state index in [-0.39, 0.29) is 11.4 Å². The lowest BCUT2D eigenvalue weighted by molar-refractivity contribution is 0.581. The highest BCUT2D eigenvalue weighted by molar-refractivity contribution is 7.89. The molecule has 6 heteroatoms. The summed E-state index contributed by atoms with van der Waals surface area (Å²) in [5.74, 6) is 0. The minimum absolute atomic E-state index is 0.206. The first-order valence-electron chi connectivity index (χ1n) is 7.05. The fraction of sp³-hybridized carbons (Fsp3) is 0.0588. The van der Waals surface area contributed by atoms with Gasteiger partial charge in [0.1, 0.15) is 0 Å². The first-order valence-corrected chi connectivity index (χ1v) is 8.53. The molecular formula is C17H15N3O2S. The van der Waals surface area contributed by atoms with Crippen molar-refractivity contribution in [1.82, 2.24) is 14.7 Å². The van der Waals surface area contributed by atoms with Gasteiger partial charge in [0.05, 0.1) is 10.6 Å². The molecular weight excluding hydrogens is 310 g/mol. The van der Waals surface area contributed by atoms with Gasteiger partial charge < -0.3 is 0 Å². The van der Waals surface area contributed by atoms with Gasteiger partial charge in [0.25, 0.3) is 0 Å². The van der Waals surface area contributed by atoms with E-state index in [9.17, 15) is 8.42 Å². The van der Waals surface area contributed by atoms with Crippen molar-refractivity contribution in [3.05, 3.63) is 78.8 Å². The van der Waals surface area contributed by atoms with Crippen molar-refractivity contribution in [1.29, 1.82) is 0 Å². The van der Waals surface area contributed by atoms with E-state index in [1.807, 2.05) is 18.2 Å². The molecule has 0 bridgehead atoms. The van der Waals surface area contributed by atoms with Crippen LogP contribution in [0.4, 0.5) is 0 Å². The summed E-state index contributed by atoms with van der Waals surface area (Å²) in [5.41, 5.74) is 2.56. The van der Waals surface area contributed by atoms with E-state index in [1.165, 1.54) is 0 Å². The Morgan fingerprint density at radius 2 is 1.65 bits per heavy atom. The first kappa shape index (κ1) is 15.3. The molecule has 0 atom stereocenters. The van der Waals surface area contributed by atoms with E-state index in [2.05, 4.69) is 14.7 Å². The van der Waals surface area contributed by atoms with Crippen LogP contribution in [0.1, 0.15) is 5.56 Å². The molecule has 0 fully saturated rings. The zero-order chi connectivity index (χ0) is 16.1. The average molecular weight is 325 g/mol. The van der Waals surface area contributed by atoms with Crippen LogP contribution in [0.3, 0.4) is 0 Å². The number of nitrogens with one attached hydrogen (secondary N) is 1. The molecule has 2 aromatic heterocycles. The second kappa shape index (κ2) is 6.68. The lowest BCUT2D eigenvalue weighted by atomic mass is 10.1. The standard InChI is InChI=1S/C17H15N3O2S/c21-23(22,16-4-2-1-3-5-16)20-13-14-6-11-19-17(12-14)15-7-9-18-10-8-15/h1-12,20H,13H2. The molecule has 0 saturated carbocycles. The predicted octanol–water partition coefficient (Wildman–Crippen LogP) is 2.62. The van der Waals surface area contributed by atoms with Crippen LogP contribution in [0.5, 0.6) is 0 Å². The molecule has 0 radical (unpaired) electrons. The van der Waals surface area contributed by atoms with Crippen molar-refractivity contribution in [3.8, 4) is 11.3 Å². The Kier molecular flexibility index (Phi) is 4.45. The van der Waals surface area contributed by atoms with Gasteiger partial charge in [-0.05, 0) is 42.0 Å². The molecule has 23 heavy (non-hydrogen) atoms. The molecule has 0 unspecified atom stereocenters. The largest absolute Gasteiger partial charge is 0.265 e. The lowest BCUT2D eigenvalue weighted by Gasteiger charge is -2.08. The molecule has 0 saturated heterocycles. The summed E-state index contributed by atoms with van der Waals surface area (Å²) < 4.78 is 27.1. The third-order valence-corrected chi connectivity index (χ3v) is 4.74. The van der Waals surface area contributed by atoms with Crippen LogP contribution < -0.4 is 4.72 Å². The van der Waals surface area contributed by atoms with Crippen molar-refractivity contribution in [2.45, 2.75) is 11.4 Å². The van der Waals surface area contributed by atoms with Gasteiger partial charge in [-0.2, -0.15) is 0 Å². The number of hydrogen-bond donors (Lipinski definition) is 1. The summed E-state index contributed by atoms with van der Waals surface area (Å²) >= 11 is 0. The van der Waals surface area contributed by atoms with Gasteiger partial charge in [-0.15, -0.1) is 0 Å². The molecule has 116 valence electrons. The molecule has 2 heterocycles. The van der Waals surface area contributed by atoms with Crippen LogP contribution in [0.25, 0.3) is 11.3 Å². The van der Waals surface area contributed by atoms with Gasteiger partial charge in [-0.1, -0.05) is 18.2 Å². The molecule has 1 aromatic carbocycles. The Morgan fingerprint density at radius 3 is 2.39 bits per heavy atom. The number of sulfonamides is 1. The maximum absolute atomic E-state index is 12.2. The molecule has 0 aliphatic heterocycles. The number of nitrogens with zero attached hydrogens (tertiary/aromatic N) is 2. The highest BCUT2D eigenvalue weighted by atomic mass is 32.2. The SMILES string of the molecule is O=S(=O)(NCc1ccnc(-c2ccncc2)c1)c1ccccc1. The van der Waals surface area contributed by atoms with Crippen molar-refractivity contribution in [3.63, 3.8) is 0 Å². The topological polar surface area (TPSA) is 72.0 Å². The van der Waals surface area contributed by atoms with Crippen LogP contribution >= 0.6 is 0 Å². The van der Waals surface area contributed by atoms with E-state index in [0.717, 1.165) is 16.8 Å². The molecule has 0 aliphatic rings. The summed E-state index contributed by atoms with van der Waals surface area (Å²) in [5, 5.41) is 0. The fourth-order valence-corrected chi connectivity index (χ4v) is 3.16. The van der Waals surface area contributed by atoms with Crippen molar-refractivity contribution >= 4 is 10.0 Å². The van der Waals surface area contributed by atoms with Crippen molar-refractivity contribution in [2.75, 3.05) is 0 Å².